The molecule has 1 aliphatic heterocycles. The van der Waals surface area contributed by atoms with Crippen LogP contribution in [0.3, 0.4) is 0 Å². The van der Waals surface area contributed by atoms with Crippen molar-refractivity contribution in [3.8, 4) is 5.75 Å². The molecule has 1 atom stereocenters. The molecule has 1 aromatic rings. The Labute approximate surface area is 114 Å². The second kappa shape index (κ2) is 6.02. The molecule has 0 aliphatic carbocycles. The summed E-state index contributed by atoms with van der Waals surface area (Å²) in [5.41, 5.74) is 0. The molecular formula is C14H21N3O2. The number of likely N-dealkylation sites (N-methyl/N-ethyl adjacent to an activating group) is 1. The van der Waals surface area contributed by atoms with Gasteiger partial charge in [0, 0.05) is 25.8 Å². The standard InChI is InChI=1S/C14H21N3O2/c1-10(2)14(18)19-12-5-4-7-16-13(12)17(3)11-6-8-15-9-11/h4-5,7,10-11,15H,6,8-9H2,1-3H3/t11-/m1/s1. The third-order valence-corrected chi connectivity index (χ3v) is 3.35. The first-order valence-electron chi connectivity index (χ1n) is 6.70. The number of nitrogens with one attached hydrogen (secondary N) is 1. The average molecular weight is 263 g/mol. The van der Waals surface area contributed by atoms with Crippen molar-refractivity contribution >= 4 is 11.8 Å². The Morgan fingerprint density at radius 1 is 1.58 bits per heavy atom. The van der Waals surface area contributed by atoms with E-state index in [4.69, 9.17) is 4.74 Å². The van der Waals surface area contributed by atoms with E-state index in [9.17, 15) is 4.79 Å². The van der Waals surface area contributed by atoms with Crippen molar-refractivity contribution in [2.45, 2.75) is 26.3 Å². The second-order valence-electron chi connectivity index (χ2n) is 5.16. The fraction of sp³-hybridized carbons (Fsp3) is 0.571. The zero-order chi connectivity index (χ0) is 13.8. The normalized spacial score (nSPS) is 18.6. The van der Waals surface area contributed by atoms with Crippen LogP contribution in [0.25, 0.3) is 0 Å². The van der Waals surface area contributed by atoms with Gasteiger partial charge in [0.25, 0.3) is 0 Å². The van der Waals surface area contributed by atoms with Gasteiger partial charge in [-0.25, -0.2) is 4.98 Å². The highest BCUT2D eigenvalue weighted by Gasteiger charge is 2.23. The number of rotatable bonds is 4. The molecule has 0 radical (unpaired) electrons. The molecular weight excluding hydrogens is 242 g/mol. The van der Waals surface area contributed by atoms with Crippen molar-refractivity contribution in [2.75, 3.05) is 25.0 Å². The minimum absolute atomic E-state index is 0.147. The highest BCUT2D eigenvalue weighted by molar-refractivity contribution is 5.76. The van der Waals surface area contributed by atoms with Gasteiger partial charge in [0.2, 0.25) is 0 Å². The van der Waals surface area contributed by atoms with Gasteiger partial charge in [0.05, 0.1) is 5.92 Å². The van der Waals surface area contributed by atoms with Gasteiger partial charge in [-0.1, -0.05) is 13.8 Å². The van der Waals surface area contributed by atoms with Crippen molar-refractivity contribution in [2.24, 2.45) is 5.92 Å². The molecule has 5 nitrogen and oxygen atoms in total. The molecule has 0 amide bonds. The number of aromatic nitrogens is 1. The minimum atomic E-state index is -0.229. The maximum atomic E-state index is 11.7. The zero-order valence-electron chi connectivity index (χ0n) is 11.7. The van der Waals surface area contributed by atoms with Gasteiger partial charge >= 0.3 is 5.97 Å². The van der Waals surface area contributed by atoms with Crippen molar-refractivity contribution in [1.82, 2.24) is 10.3 Å². The smallest absolute Gasteiger partial charge is 0.313 e. The third-order valence-electron chi connectivity index (χ3n) is 3.35. The summed E-state index contributed by atoms with van der Waals surface area (Å²) < 4.78 is 5.42. The van der Waals surface area contributed by atoms with Crippen LogP contribution in [0, 0.1) is 5.92 Å². The molecule has 0 spiro atoms. The van der Waals surface area contributed by atoms with Crippen molar-refractivity contribution in [1.29, 1.82) is 0 Å². The van der Waals surface area contributed by atoms with Gasteiger partial charge in [-0.2, -0.15) is 0 Å². The lowest BCUT2D eigenvalue weighted by molar-refractivity contribution is -0.137. The van der Waals surface area contributed by atoms with Crippen molar-refractivity contribution in [3.05, 3.63) is 18.3 Å². The second-order valence-corrected chi connectivity index (χ2v) is 5.16. The topological polar surface area (TPSA) is 54.5 Å². The van der Waals surface area contributed by atoms with Gasteiger partial charge in [0.1, 0.15) is 0 Å². The lowest BCUT2D eigenvalue weighted by Gasteiger charge is -2.26. The Kier molecular flexibility index (Phi) is 4.37. The molecule has 2 rings (SSSR count). The summed E-state index contributed by atoms with van der Waals surface area (Å²) in [5, 5.41) is 3.32. The van der Waals surface area contributed by atoms with E-state index in [2.05, 4.69) is 15.2 Å². The van der Waals surface area contributed by atoms with Crippen molar-refractivity contribution in [3.63, 3.8) is 0 Å². The number of hydrogen-bond acceptors (Lipinski definition) is 5. The Morgan fingerprint density at radius 2 is 2.37 bits per heavy atom. The van der Waals surface area contributed by atoms with E-state index >= 15 is 0 Å². The average Bonchev–Trinajstić information content (AvgIpc) is 2.92. The van der Waals surface area contributed by atoms with E-state index in [-0.39, 0.29) is 11.9 Å². The molecule has 0 bridgehead atoms. The largest absolute Gasteiger partial charge is 0.422 e. The number of carbonyl (C=O) groups is 1. The lowest BCUT2D eigenvalue weighted by Crippen LogP contribution is -2.34. The summed E-state index contributed by atoms with van der Waals surface area (Å²) in [6.07, 6.45) is 2.80. The molecule has 1 aromatic heterocycles. The molecule has 0 saturated carbocycles. The van der Waals surface area contributed by atoms with Crippen LogP contribution in [0.2, 0.25) is 0 Å². The highest BCUT2D eigenvalue weighted by Crippen LogP contribution is 2.27. The number of ether oxygens (including phenoxy) is 1. The van der Waals surface area contributed by atoms with Gasteiger partial charge in [0.15, 0.2) is 11.6 Å². The van der Waals surface area contributed by atoms with E-state index < -0.39 is 0 Å². The molecule has 0 unspecified atom stereocenters. The zero-order valence-corrected chi connectivity index (χ0v) is 11.7. The molecule has 104 valence electrons. The Balaban J connectivity index is 2.17. The predicted molar refractivity (Wildman–Crippen MR) is 74.4 cm³/mol. The molecule has 1 fully saturated rings. The maximum Gasteiger partial charge on any atom is 0.313 e. The lowest BCUT2D eigenvalue weighted by atomic mass is 10.2. The van der Waals surface area contributed by atoms with Crippen LogP contribution < -0.4 is 15.0 Å². The van der Waals surface area contributed by atoms with Crippen LogP contribution in [0.15, 0.2) is 18.3 Å². The van der Waals surface area contributed by atoms with Crippen LogP contribution in [0.4, 0.5) is 5.82 Å². The first-order valence-corrected chi connectivity index (χ1v) is 6.70. The molecule has 5 heteroatoms. The van der Waals surface area contributed by atoms with E-state index in [0.29, 0.717) is 11.8 Å². The van der Waals surface area contributed by atoms with Gasteiger partial charge < -0.3 is 15.0 Å². The first-order chi connectivity index (χ1) is 9.09. The molecule has 0 aromatic carbocycles. The van der Waals surface area contributed by atoms with E-state index in [0.717, 1.165) is 25.3 Å². The number of esters is 1. The van der Waals surface area contributed by atoms with Gasteiger partial charge in [-0.3, -0.25) is 4.79 Å². The summed E-state index contributed by atoms with van der Waals surface area (Å²) in [7, 11) is 1.99. The van der Waals surface area contributed by atoms with Crippen LogP contribution >= 0.6 is 0 Å². The maximum absolute atomic E-state index is 11.7. The Hall–Kier alpha value is -1.62. The molecule has 1 saturated heterocycles. The van der Waals surface area contributed by atoms with Crippen LogP contribution in [-0.2, 0) is 4.79 Å². The van der Waals surface area contributed by atoms with E-state index in [1.807, 2.05) is 20.9 Å². The summed E-state index contributed by atoms with van der Waals surface area (Å²) in [5.74, 6) is 0.888. The molecule has 19 heavy (non-hydrogen) atoms. The molecule has 1 aliphatic rings. The van der Waals surface area contributed by atoms with Crippen LogP contribution in [0.1, 0.15) is 20.3 Å². The first kappa shape index (κ1) is 13.8. The number of nitrogens with zero attached hydrogens (tertiary/aromatic N) is 2. The van der Waals surface area contributed by atoms with Gasteiger partial charge in [-0.05, 0) is 25.1 Å². The van der Waals surface area contributed by atoms with Gasteiger partial charge in [-0.15, -0.1) is 0 Å². The number of carbonyl (C=O) groups excluding carboxylic acids is 1. The monoisotopic (exact) mass is 263 g/mol. The van der Waals surface area contributed by atoms with Crippen LogP contribution in [-0.4, -0.2) is 37.1 Å². The highest BCUT2D eigenvalue weighted by atomic mass is 16.5. The number of hydrogen-bond donors (Lipinski definition) is 1. The summed E-state index contributed by atoms with van der Waals surface area (Å²) in [4.78, 5) is 18.2. The van der Waals surface area contributed by atoms with E-state index in [1.54, 1.807) is 18.3 Å². The Bertz CT molecular complexity index is 442. The third kappa shape index (κ3) is 3.23. The Morgan fingerprint density at radius 3 is 3.00 bits per heavy atom. The fourth-order valence-electron chi connectivity index (χ4n) is 2.10. The summed E-state index contributed by atoms with van der Waals surface area (Å²) >= 11 is 0. The van der Waals surface area contributed by atoms with Crippen molar-refractivity contribution < 1.29 is 9.53 Å². The van der Waals surface area contributed by atoms with Crippen LogP contribution in [0.5, 0.6) is 5.75 Å². The quantitative estimate of drug-likeness (QED) is 0.833. The number of pyridine rings is 1. The molecule has 1 N–H and O–H groups in total. The minimum Gasteiger partial charge on any atom is -0.422 e. The fourth-order valence-corrected chi connectivity index (χ4v) is 2.10. The summed E-state index contributed by atoms with van der Waals surface area (Å²) in [6.45, 7) is 5.60. The number of anilines is 1. The SMILES string of the molecule is CC(C)C(=O)Oc1cccnc1N(C)[C@@H]1CCNC1. The summed E-state index contributed by atoms with van der Waals surface area (Å²) in [6, 6.07) is 3.97. The molecule has 2 heterocycles. The van der Waals surface area contributed by atoms with E-state index in [1.165, 1.54) is 0 Å². The predicted octanol–water partition coefficient (Wildman–Crippen LogP) is 1.44.